The molecule has 0 aliphatic carbocycles. The summed E-state index contributed by atoms with van der Waals surface area (Å²) in [5.74, 6) is 0.447. The second kappa shape index (κ2) is 5.13. The Balaban J connectivity index is 2.02. The fraction of sp³-hybridized carbons (Fsp3) is 0.133. The molecule has 0 atom stereocenters. The zero-order chi connectivity index (χ0) is 13.9. The Morgan fingerprint density at radius 1 is 1.20 bits per heavy atom. The monoisotopic (exact) mass is 267 g/mol. The fourth-order valence-electron chi connectivity index (χ4n) is 2.03. The molecule has 0 spiro atoms. The Hall–Kier alpha value is -2.69. The molecule has 0 aliphatic heterocycles. The number of carbonyl (C=O) groups is 1. The van der Waals surface area contributed by atoms with Gasteiger partial charge in [-0.2, -0.15) is 4.68 Å². The number of hydrogen-bond acceptors (Lipinski definition) is 4. The number of aromatic nitrogens is 3. The third-order valence-electron chi connectivity index (χ3n) is 2.94. The average molecular weight is 267 g/mol. The summed E-state index contributed by atoms with van der Waals surface area (Å²) in [6.07, 6.45) is 0. The van der Waals surface area contributed by atoms with Crippen LogP contribution in [0.1, 0.15) is 17.3 Å². The van der Waals surface area contributed by atoms with Crippen LogP contribution in [0.25, 0.3) is 11.0 Å². The predicted octanol–water partition coefficient (Wildman–Crippen LogP) is 2.52. The van der Waals surface area contributed by atoms with E-state index in [2.05, 4.69) is 10.3 Å². The van der Waals surface area contributed by atoms with E-state index in [1.54, 1.807) is 18.2 Å². The molecule has 0 unspecified atom stereocenters. The highest BCUT2D eigenvalue weighted by Gasteiger charge is 2.14. The first-order chi connectivity index (χ1) is 9.79. The second-order valence-corrected chi connectivity index (χ2v) is 4.26. The predicted molar refractivity (Wildman–Crippen MR) is 74.9 cm³/mol. The molecule has 0 bridgehead atoms. The Kier molecular flexibility index (Phi) is 3.16. The summed E-state index contributed by atoms with van der Waals surface area (Å²) in [6, 6.07) is 14.4. The van der Waals surface area contributed by atoms with E-state index in [9.17, 15) is 4.79 Å². The van der Waals surface area contributed by atoms with Gasteiger partial charge in [-0.15, -0.1) is 5.10 Å². The van der Waals surface area contributed by atoms with Gasteiger partial charge in [0.05, 0.1) is 12.1 Å². The lowest BCUT2D eigenvalue weighted by molar-refractivity contribution is 0.0947. The van der Waals surface area contributed by atoms with E-state index in [-0.39, 0.29) is 5.91 Å². The number of carbonyl (C=O) groups excluding carboxylic acids is 1. The zero-order valence-electron chi connectivity index (χ0n) is 11.0. The number of fused-ring (bicyclic) bond motifs is 1. The summed E-state index contributed by atoms with van der Waals surface area (Å²) in [7, 11) is 0. The molecule has 0 N–H and O–H groups in total. The van der Waals surface area contributed by atoms with Gasteiger partial charge in [-0.05, 0) is 37.3 Å². The van der Waals surface area contributed by atoms with E-state index in [1.165, 1.54) is 4.68 Å². The summed E-state index contributed by atoms with van der Waals surface area (Å²) >= 11 is 0. The lowest BCUT2D eigenvalue weighted by atomic mass is 10.2. The third-order valence-corrected chi connectivity index (χ3v) is 2.94. The molecule has 1 heterocycles. The van der Waals surface area contributed by atoms with Crippen molar-refractivity contribution < 1.29 is 9.53 Å². The van der Waals surface area contributed by atoms with Crippen LogP contribution in [0.2, 0.25) is 0 Å². The van der Waals surface area contributed by atoms with Crippen molar-refractivity contribution in [2.24, 2.45) is 0 Å². The molecule has 5 heteroatoms. The van der Waals surface area contributed by atoms with Crippen molar-refractivity contribution in [3.63, 3.8) is 0 Å². The Bertz CT molecular complexity index is 764. The molecule has 2 aromatic carbocycles. The van der Waals surface area contributed by atoms with Crippen molar-refractivity contribution in [2.75, 3.05) is 6.61 Å². The van der Waals surface area contributed by atoms with Gasteiger partial charge in [-0.3, -0.25) is 4.79 Å². The summed E-state index contributed by atoms with van der Waals surface area (Å²) in [5.41, 5.74) is 1.91. The molecule has 3 aromatic rings. The highest BCUT2D eigenvalue weighted by atomic mass is 16.5. The molecule has 20 heavy (non-hydrogen) atoms. The van der Waals surface area contributed by atoms with Gasteiger partial charge in [-0.1, -0.05) is 23.4 Å². The molecule has 0 aliphatic rings. The highest BCUT2D eigenvalue weighted by Crippen LogP contribution is 2.16. The molecule has 1 aromatic heterocycles. The van der Waals surface area contributed by atoms with E-state index in [4.69, 9.17) is 4.74 Å². The molecule has 5 nitrogen and oxygen atoms in total. The summed E-state index contributed by atoms with van der Waals surface area (Å²) in [5, 5.41) is 7.91. The molecule has 100 valence electrons. The van der Waals surface area contributed by atoms with Crippen LogP contribution in [-0.2, 0) is 0 Å². The van der Waals surface area contributed by atoms with Crippen LogP contribution < -0.4 is 4.74 Å². The molecular weight excluding hydrogens is 254 g/mol. The third kappa shape index (κ3) is 2.14. The molecule has 0 amide bonds. The minimum absolute atomic E-state index is 0.222. The van der Waals surface area contributed by atoms with Gasteiger partial charge in [-0.25, -0.2) is 0 Å². The van der Waals surface area contributed by atoms with Crippen LogP contribution in [0.15, 0.2) is 48.5 Å². The van der Waals surface area contributed by atoms with E-state index in [0.717, 1.165) is 0 Å². The van der Waals surface area contributed by atoms with Crippen LogP contribution >= 0.6 is 0 Å². The maximum Gasteiger partial charge on any atom is 0.280 e. The number of rotatable bonds is 3. The number of para-hydroxylation sites is 1. The highest BCUT2D eigenvalue weighted by molar-refractivity contribution is 6.00. The van der Waals surface area contributed by atoms with Crippen LogP contribution in [0, 0.1) is 0 Å². The number of benzene rings is 2. The molecule has 3 rings (SSSR count). The first-order valence-corrected chi connectivity index (χ1v) is 6.37. The molecule has 0 radical (unpaired) electrons. The van der Waals surface area contributed by atoms with E-state index in [1.807, 2.05) is 37.3 Å². The van der Waals surface area contributed by atoms with Crippen molar-refractivity contribution in [1.29, 1.82) is 0 Å². The van der Waals surface area contributed by atoms with Crippen molar-refractivity contribution >= 4 is 16.9 Å². The first-order valence-electron chi connectivity index (χ1n) is 6.37. The van der Waals surface area contributed by atoms with E-state index in [0.29, 0.717) is 29.0 Å². The minimum atomic E-state index is -0.222. The lowest BCUT2D eigenvalue weighted by Crippen LogP contribution is -2.13. The standard InChI is InChI=1S/C15H13N3O2/c1-2-20-12-7-5-6-11(10-12)15(19)18-14-9-4-3-8-13(14)16-17-18/h3-10H,2H2,1H3. The number of ether oxygens (including phenoxy) is 1. The Labute approximate surface area is 115 Å². The summed E-state index contributed by atoms with van der Waals surface area (Å²) in [4.78, 5) is 12.5. The van der Waals surface area contributed by atoms with Gasteiger partial charge in [0.2, 0.25) is 0 Å². The zero-order valence-corrected chi connectivity index (χ0v) is 11.0. The van der Waals surface area contributed by atoms with Gasteiger partial charge in [0.15, 0.2) is 0 Å². The van der Waals surface area contributed by atoms with Crippen LogP contribution in [0.3, 0.4) is 0 Å². The maximum absolute atomic E-state index is 12.5. The maximum atomic E-state index is 12.5. The van der Waals surface area contributed by atoms with Crippen LogP contribution in [0.4, 0.5) is 0 Å². The van der Waals surface area contributed by atoms with Gasteiger partial charge in [0, 0.05) is 5.56 Å². The summed E-state index contributed by atoms with van der Waals surface area (Å²) < 4.78 is 6.71. The van der Waals surface area contributed by atoms with Gasteiger partial charge < -0.3 is 4.74 Å². The van der Waals surface area contributed by atoms with Crippen LogP contribution in [-0.4, -0.2) is 27.5 Å². The van der Waals surface area contributed by atoms with Crippen molar-refractivity contribution in [1.82, 2.24) is 15.0 Å². The quantitative estimate of drug-likeness (QED) is 0.731. The lowest BCUT2D eigenvalue weighted by Gasteiger charge is -2.05. The Morgan fingerprint density at radius 2 is 2.05 bits per heavy atom. The topological polar surface area (TPSA) is 57.0 Å². The van der Waals surface area contributed by atoms with Crippen molar-refractivity contribution in [3.8, 4) is 5.75 Å². The SMILES string of the molecule is CCOc1cccc(C(=O)n2nnc3ccccc32)c1. The largest absolute Gasteiger partial charge is 0.494 e. The average Bonchev–Trinajstić information content (AvgIpc) is 2.91. The Morgan fingerprint density at radius 3 is 2.90 bits per heavy atom. The minimum Gasteiger partial charge on any atom is -0.494 e. The van der Waals surface area contributed by atoms with E-state index >= 15 is 0 Å². The van der Waals surface area contributed by atoms with Gasteiger partial charge in [0.1, 0.15) is 11.3 Å². The summed E-state index contributed by atoms with van der Waals surface area (Å²) in [6.45, 7) is 2.46. The number of hydrogen-bond donors (Lipinski definition) is 0. The normalized spacial score (nSPS) is 10.7. The smallest absolute Gasteiger partial charge is 0.280 e. The fourth-order valence-corrected chi connectivity index (χ4v) is 2.03. The number of nitrogens with zero attached hydrogens (tertiary/aromatic N) is 3. The molecule has 0 fully saturated rings. The molecule has 0 saturated carbocycles. The van der Waals surface area contributed by atoms with Crippen LogP contribution in [0.5, 0.6) is 5.75 Å². The molecular formula is C15H13N3O2. The van der Waals surface area contributed by atoms with Crippen molar-refractivity contribution in [3.05, 3.63) is 54.1 Å². The van der Waals surface area contributed by atoms with Gasteiger partial charge in [0.25, 0.3) is 5.91 Å². The van der Waals surface area contributed by atoms with Crippen molar-refractivity contribution in [2.45, 2.75) is 6.92 Å². The molecule has 0 saturated heterocycles. The van der Waals surface area contributed by atoms with Gasteiger partial charge >= 0.3 is 0 Å². The second-order valence-electron chi connectivity index (χ2n) is 4.26. The first kappa shape index (κ1) is 12.3. The van der Waals surface area contributed by atoms with E-state index < -0.39 is 0 Å².